The molecule has 0 aliphatic heterocycles. The van der Waals surface area contributed by atoms with Crippen molar-refractivity contribution in [2.75, 3.05) is 6.54 Å². The third-order valence-electron chi connectivity index (χ3n) is 2.10. The first-order chi connectivity index (χ1) is 8.59. The minimum Gasteiger partial charge on any atom is -0.490 e. The molecule has 3 nitrogen and oxygen atoms in total. The van der Waals surface area contributed by atoms with E-state index in [2.05, 4.69) is 17.2 Å². The third-order valence-corrected chi connectivity index (χ3v) is 2.10. The van der Waals surface area contributed by atoms with Crippen molar-refractivity contribution >= 4 is 5.91 Å². The lowest BCUT2D eigenvalue weighted by atomic mass is 10.2. The SMILES string of the molecule is CC(=O)NCCC#Cc1ccccc1OC(C)C. The number of carbonyl (C=O) groups is 1. The average molecular weight is 245 g/mol. The van der Waals surface area contributed by atoms with Crippen LogP contribution in [0.1, 0.15) is 32.8 Å². The lowest BCUT2D eigenvalue weighted by Crippen LogP contribution is -2.20. The lowest BCUT2D eigenvalue weighted by Gasteiger charge is -2.10. The Hall–Kier alpha value is -1.95. The van der Waals surface area contributed by atoms with E-state index in [1.54, 1.807) is 0 Å². The highest BCUT2D eigenvalue weighted by Crippen LogP contribution is 2.17. The van der Waals surface area contributed by atoms with Gasteiger partial charge in [-0.15, -0.1) is 0 Å². The molecule has 0 spiro atoms. The fourth-order valence-electron chi connectivity index (χ4n) is 1.39. The van der Waals surface area contributed by atoms with Crippen LogP contribution in [0.2, 0.25) is 0 Å². The minimum absolute atomic E-state index is 0.0275. The van der Waals surface area contributed by atoms with Crippen LogP contribution in [-0.4, -0.2) is 18.6 Å². The van der Waals surface area contributed by atoms with Gasteiger partial charge in [0.05, 0.1) is 11.7 Å². The zero-order chi connectivity index (χ0) is 13.4. The largest absolute Gasteiger partial charge is 0.490 e. The average Bonchev–Trinajstić information content (AvgIpc) is 2.29. The van der Waals surface area contributed by atoms with Crippen molar-refractivity contribution in [3.05, 3.63) is 29.8 Å². The van der Waals surface area contributed by atoms with E-state index < -0.39 is 0 Å². The van der Waals surface area contributed by atoms with Gasteiger partial charge in [-0.3, -0.25) is 4.79 Å². The zero-order valence-corrected chi connectivity index (χ0v) is 11.1. The molecule has 0 atom stereocenters. The second-order valence-electron chi connectivity index (χ2n) is 4.20. The molecule has 0 radical (unpaired) electrons. The van der Waals surface area contributed by atoms with Crippen molar-refractivity contribution in [3.8, 4) is 17.6 Å². The zero-order valence-electron chi connectivity index (χ0n) is 11.1. The van der Waals surface area contributed by atoms with Crippen LogP contribution in [0.4, 0.5) is 0 Å². The van der Waals surface area contributed by atoms with E-state index in [0.717, 1.165) is 11.3 Å². The minimum atomic E-state index is -0.0275. The molecular formula is C15H19NO2. The predicted molar refractivity (Wildman–Crippen MR) is 72.4 cm³/mol. The summed E-state index contributed by atoms with van der Waals surface area (Å²) in [6.45, 7) is 6.05. The number of amides is 1. The van der Waals surface area contributed by atoms with Gasteiger partial charge >= 0.3 is 0 Å². The van der Waals surface area contributed by atoms with E-state index in [-0.39, 0.29) is 12.0 Å². The molecule has 0 saturated carbocycles. The van der Waals surface area contributed by atoms with Gasteiger partial charge in [0, 0.05) is 19.9 Å². The van der Waals surface area contributed by atoms with E-state index in [4.69, 9.17) is 4.74 Å². The molecule has 0 unspecified atom stereocenters. The van der Waals surface area contributed by atoms with E-state index >= 15 is 0 Å². The molecule has 18 heavy (non-hydrogen) atoms. The van der Waals surface area contributed by atoms with Gasteiger partial charge in [-0.1, -0.05) is 24.0 Å². The molecule has 0 aliphatic carbocycles. The van der Waals surface area contributed by atoms with Crippen molar-refractivity contribution in [2.24, 2.45) is 0 Å². The second kappa shape index (κ2) is 7.39. The molecule has 1 aromatic rings. The summed E-state index contributed by atoms with van der Waals surface area (Å²) >= 11 is 0. The summed E-state index contributed by atoms with van der Waals surface area (Å²) in [5.41, 5.74) is 0.883. The topological polar surface area (TPSA) is 38.3 Å². The molecule has 0 aliphatic rings. The Labute approximate surface area is 109 Å². The molecule has 1 amide bonds. The molecule has 3 heteroatoms. The molecule has 1 N–H and O–H groups in total. The Morgan fingerprint density at radius 1 is 1.39 bits per heavy atom. The van der Waals surface area contributed by atoms with Gasteiger partial charge in [0.2, 0.25) is 5.91 Å². The van der Waals surface area contributed by atoms with Crippen LogP contribution in [0.5, 0.6) is 5.75 Å². The maximum atomic E-state index is 10.7. The lowest BCUT2D eigenvalue weighted by molar-refractivity contribution is -0.118. The van der Waals surface area contributed by atoms with Crippen LogP contribution in [0.15, 0.2) is 24.3 Å². The normalized spacial score (nSPS) is 9.56. The summed E-state index contributed by atoms with van der Waals surface area (Å²) in [4.78, 5) is 10.7. The molecule has 0 bridgehead atoms. The summed E-state index contributed by atoms with van der Waals surface area (Å²) in [5.74, 6) is 6.87. The molecule has 0 saturated heterocycles. The number of hydrogen-bond donors (Lipinski definition) is 1. The maximum absolute atomic E-state index is 10.7. The van der Waals surface area contributed by atoms with Gasteiger partial charge in [-0.2, -0.15) is 0 Å². The first kappa shape index (κ1) is 14.1. The summed E-state index contributed by atoms with van der Waals surface area (Å²) in [7, 11) is 0. The van der Waals surface area contributed by atoms with Crippen LogP contribution in [0.25, 0.3) is 0 Å². The Kier molecular flexibility index (Phi) is 5.79. The van der Waals surface area contributed by atoms with Crippen molar-refractivity contribution in [2.45, 2.75) is 33.3 Å². The summed E-state index contributed by atoms with van der Waals surface area (Å²) in [5, 5.41) is 2.71. The van der Waals surface area contributed by atoms with Crippen molar-refractivity contribution in [1.29, 1.82) is 0 Å². The molecular weight excluding hydrogens is 226 g/mol. The van der Waals surface area contributed by atoms with Crippen LogP contribution >= 0.6 is 0 Å². The Bertz CT molecular complexity index is 455. The number of para-hydroxylation sites is 1. The highest BCUT2D eigenvalue weighted by atomic mass is 16.5. The molecule has 1 aromatic carbocycles. The van der Waals surface area contributed by atoms with Gasteiger partial charge in [-0.05, 0) is 26.0 Å². The highest BCUT2D eigenvalue weighted by Gasteiger charge is 2.01. The number of nitrogens with one attached hydrogen (secondary N) is 1. The molecule has 0 heterocycles. The molecule has 96 valence electrons. The van der Waals surface area contributed by atoms with Crippen molar-refractivity contribution in [3.63, 3.8) is 0 Å². The van der Waals surface area contributed by atoms with Crippen molar-refractivity contribution in [1.82, 2.24) is 5.32 Å². The van der Waals surface area contributed by atoms with E-state index in [1.807, 2.05) is 38.1 Å². The Morgan fingerprint density at radius 3 is 2.78 bits per heavy atom. The third kappa shape index (κ3) is 5.40. The van der Waals surface area contributed by atoms with Crippen molar-refractivity contribution < 1.29 is 9.53 Å². The summed E-state index contributed by atoms with van der Waals surface area (Å²) < 4.78 is 5.67. The number of hydrogen-bond acceptors (Lipinski definition) is 2. The van der Waals surface area contributed by atoms with Gasteiger partial charge in [0.25, 0.3) is 0 Å². The fourth-order valence-corrected chi connectivity index (χ4v) is 1.39. The quantitative estimate of drug-likeness (QED) is 0.653. The summed E-state index contributed by atoms with van der Waals surface area (Å²) in [6.07, 6.45) is 0.766. The Balaban J connectivity index is 2.60. The number of ether oxygens (including phenoxy) is 1. The van der Waals surface area contributed by atoms with Gasteiger partial charge in [0.1, 0.15) is 5.75 Å². The number of benzene rings is 1. The van der Waals surface area contributed by atoms with Crippen LogP contribution in [-0.2, 0) is 4.79 Å². The standard InChI is InChI=1S/C15H19NO2/c1-12(2)18-15-10-5-4-8-14(15)9-6-7-11-16-13(3)17/h4-5,8,10,12H,7,11H2,1-3H3,(H,16,17). The highest BCUT2D eigenvalue weighted by molar-refractivity contribution is 5.72. The van der Waals surface area contributed by atoms with Crippen LogP contribution in [0, 0.1) is 11.8 Å². The number of carbonyl (C=O) groups excluding carboxylic acids is 1. The van der Waals surface area contributed by atoms with Crippen LogP contribution in [0.3, 0.4) is 0 Å². The first-order valence-corrected chi connectivity index (χ1v) is 6.08. The van der Waals surface area contributed by atoms with Crippen LogP contribution < -0.4 is 10.1 Å². The van der Waals surface area contributed by atoms with Gasteiger partial charge < -0.3 is 10.1 Å². The molecule has 0 aromatic heterocycles. The van der Waals surface area contributed by atoms with E-state index in [1.165, 1.54) is 6.92 Å². The molecule has 1 rings (SSSR count). The van der Waals surface area contributed by atoms with Gasteiger partial charge in [-0.25, -0.2) is 0 Å². The fraction of sp³-hybridized carbons (Fsp3) is 0.400. The van der Waals surface area contributed by atoms with Gasteiger partial charge in [0.15, 0.2) is 0 Å². The smallest absolute Gasteiger partial charge is 0.216 e. The van der Waals surface area contributed by atoms with E-state index in [9.17, 15) is 4.79 Å². The predicted octanol–water partition coefficient (Wildman–Crippen LogP) is 2.35. The van der Waals surface area contributed by atoms with E-state index in [0.29, 0.717) is 13.0 Å². The monoisotopic (exact) mass is 245 g/mol. The first-order valence-electron chi connectivity index (χ1n) is 6.08. The molecule has 0 fully saturated rings. The second-order valence-corrected chi connectivity index (χ2v) is 4.20. The number of rotatable bonds is 4. The Morgan fingerprint density at radius 2 is 2.11 bits per heavy atom. The summed E-state index contributed by atoms with van der Waals surface area (Å²) in [6, 6.07) is 7.71. The maximum Gasteiger partial charge on any atom is 0.216 e.